The number of ether oxygens (including phenoxy) is 1. The molecule has 1 heterocycles. The van der Waals surface area contributed by atoms with Crippen LogP contribution >= 0.6 is 0 Å². The zero-order valence-electron chi connectivity index (χ0n) is 12.5. The van der Waals surface area contributed by atoms with Gasteiger partial charge in [-0.05, 0) is 40.5 Å². The zero-order valence-corrected chi connectivity index (χ0v) is 12.5. The third kappa shape index (κ3) is 3.47. The fourth-order valence-corrected chi connectivity index (χ4v) is 2.05. The van der Waals surface area contributed by atoms with E-state index in [1.165, 1.54) is 0 Å². The molecule has 1 aromatic rings. The van der Waals surface area contributed by atoms with Gasteiger partial charge in [0.2, 0.25) is 0 Å². The molecule has 1 saturated carbocycles. The topological polar surface area (TPSA) is 95.1 Å². The van der Waals surface area contributed by atoms with E-state index in [0.717, 1.165) is 12.8 Å². The molecule has 1 aromatic heterocycles. The van der Waals surface area contributed by atoms with Crippen molar-refractivity contribution in [2.45, 2.75) is 64.3 Å². The van der Waals surface area contributed by atoms with Crippen LogP contribution in [0.3, 0.4) is 0 Å². The third-order valence-electron chi connectivity index (χ3n) is 3.33. The van der Waals surface area contributed by atoms with E-state index in [1.807, 2.05) is 33.9 Å². The second kappa shape index (κ2) is 5.40. The highest BCUT2D eigenvalue weighted by Crippen LogP contribution is 2.30. The number of alkyl carbamates (subject to hydrolysis) is 1. The first-order chi connectivity index (χ1) is 9.26. The van der Waals surface area contributed by atoms with Gasteiger partial charge in [-0.15, -0.1) is 5.10 Å². The number of carbonyl (C=O) groups excluding carboxylic acids is 1. The minimum absolute atomic E-state index is 0.152. The maximum absolute atomic E-state index is 11.7. The van der Waals surface area contributed by atoms with Crippen molar-refractivity contribution < 1.29 is 9.53 Å². The molecule has 1 fully saturated rings. The molecule has 20 heavy (non-hydrogen) atoms. The van der Waals surface area contributed by atoms with E-state index in [4.69, 9.17) is 10.5 Å². The monoisotopic (exact) mass is 281 g/mol. The number of rotatable bonds is 3. The van der Waals surface area contributed by atoms with Gasteiger partial charge in [-0.25, -0.2) is 9.48 Å². The maximum Gasteiger partial charge on any atom is 0.408 e. The Hall–Kier alpha value is -1.63. The second-order valence-electron chi connectivity index (χ2n) is 6.30. The Balaban J connectivity index is 1.92. The average molecular weight is 281 g/mol. The molecule has 3 unspecified atom stereocenters. The Kier molecular flexibility index (Phi) is 3.99. The summed E-state index contributed by atoms with van der Waals surface area (Å²) in [4.78, 5) is 11.7. The van der Waals surface area contributed by atoms with Crippen LogP contribution in [0.5, 0.6) is 0 Å². The van der Waals surface area contributed by atoms with E-state index >= 15 is 0 Å². The van der Waals surface area contributed by atoms with Gasteiger partial charge in [0.1, 0.15) is 11.3 Å². The maximum atomic E-state index is 11.7. The predicted octanol–water partition coefficient (Wildman–Crippen LogP) is 1.53. The Morgan fingerprint density at radius 2 is 2.25 bits per heavy atom. The van der Waals surface area contributed by atoms with E-state index in [2.05, 4.69) is 15.6 Å². The van der Waals surface area contributed by atoms with E-state index in [-0.39, 0.29) is 18.1 Å². The quantitative estimate of drug-likeness (QED) is 0.876. The second-order valence-corrected chi connectivity index (χ2v) is 6.30. The number of hydrogen-bond donors (Lipinski definition) is 2. The van der Waals surface area contributed by atoms with E-state index in [1.54, 1.807) is 4.68 Å². The van der Waals surface area contributed by atoms with Gasteiger partial charge in [-0.3, -0.25) is 0 Å². The fourth-order valence-electron chi connectivity index (χ4n) is 2.05. The van der Waals surface area contributed by atoms with Gasteiger partial charge >= 0.3 is 6.09 Å². The molecule has 0 spiro atoms. The van der Waals surface area contributed by atoms with Crippen molar-refractivity contribution in [1.29, 1.82) is 0 Å². The first-order valence-corrected chi connectivity index (χ1v) is 6.93. The molecule has 3 atom stereocenters. The summed E-state index contributed by atoms with van der Waals surface area (Å²) in [5, 5.41) is 10.9. The summed E-state index contributed by atoms with van der Waals surface area (Å²) in [6.07, 6.45) is 3.43. The van der Waals surface area contributed by atoms with Crippen LogP contribution in [0.2, 0.25) is 0 Å². The van der Waals surface area contributed by atoms with Crippen LogP contribution in [0.25, 0.3) is 0 Å². The zero-order chi connectivity index (χ0) is 14.9. The minimum atomic E-state index is -0.514. The lowest BCUT2D eigenvalue weighted by Crippen LogP contribution is -2.41. The first-order valence-electron chi connectivity index (χ1n) is 6.93. The van der Waals surface area contributed by atoms with Gasteiger partial charge in [0.25, 0.3) is 0 Å². The molecule has 1 amide bonds. The van der Waals surface area contributed by atoms with Gasteiger partial charge < -0.3 is 15.8 Å². The highest BCUT2D eigenvalue weighted by atomic mass is 16.6. The molecule has 7 nitrogen and oxygen atoms in total. The lowest BCUT2D eigenvalue weighted by Gasteiger charge is -2.32. The Morgan fingerprint density at radius 3 is 2.75 bits per heavy atom. The van der Waals surface area contributed by atoms with Crippen LogP contribution in [0.1, 0.15) is 58.3 Å². The first kappa shape index (κ1) is 14.8. The molecule has 7 heteroatoms. The van der Waals surface area contributed by atoms with Crippen molar-refractivity contribution in [3.8, 4) is 0 Å². The van der Waals surface area contributed by atoms with Crippen molar-refractivity contribution >= 4 is 6.09 Å². The molecule has 0 aliphatic heterocycles. The van der Waals surface area contributed by atoms with E-state index in [9.17, 15) is 4.79 Å². The number of nitrogens with zero attached hydrogens (tertiary/aromatic N) is 3. The molecule has 1 aliphatic rings. The largest absolute Gasteiger partial charge is 0.444 e. The summed E-state index contributed by atoms with van der Waals surface area (Å²) in [6, 6.07) is 0.124. The van der Waals surface area contributed by atoms with Crippen molar-refractivity contribution in [3.05, 3.63) is 11.9 Å². The molecule has 3 N–H and O–H groups in total. The highest BCUT2D eigenvalue weighted by molar-refractivity contribution is 5.68. The Labute approximate surface area is 118 Å². The summed E-state index contributed by atoms with van der Waals surface area (Å²) >= 11 is 0. The number of aromatic nitrogens is 3. The average Bonchev–Trinajstić information content (AvgIpc) is 2.73. The molecule has 1 aliphatic carbocycles. The van der Waals surface area contributed by atoms with E-state index in [0.29, 0.717) is 5.69 Å². The predicted molar refractivity (Wildman–Crippen MR) is 74.1 cm³/mol. The van der Waals surface area contributed by atoms with Gasteiger partial charge in [0, 0.05) is 6.04 Å². The van der Waals surface area contributed by atoms with Crippen LogP contribution in [0.4, 0.5) is 4.79 Å². The molecular formula is C13H23N5O2. The van der Waals surface area contributed by atoms with Gasteiger partial charge in [-0.1, -0.05) is 5.21 Å². The van der Waals surface area contributed by atoms with Crippen LogP contribution in [-0.2, 0) is 4.74 Å². The highest BCUT2D eigenvalue weighted by Gasteiger charge is 2.30. The number of nitrogens with one attached hydrogen (secondary N) is 1. The molecular weight excluding hydrogens is 258 g/mol. The molecule has 2 rings (SSSR count). The van der Waals surface area contributed by atoms with Gasteiger partial charge in [0.05, 0.1) is 18.3 Å². The third-order valence-corrected chi connectivity index (χ3v) is 3.33. The SMILES string of the molecule is CC(NC(=O)OC(C)(C)C)c1cn(C2CCC2N)nn1. The fraction of sp³-hybridized carbons (Fsp3) is 0.769. The van der Waals surface area contributed by atoms with Crippen molar-refractivity contribution in [1.82, 2.24) is 20.3 Å². The molecule has 0 bridgehead atoms. The molecule has 0 radical (unpaired) electrons. The Bertz CT molecular complexity index is 479. The normalized spacial score (nSPS) is 23.9. The minimum Gasteiger partial charge on any atom is -0.444 e. The van der Waals surface area contributed by atoms with Crippen LogP contribution in [0.15, 0.2) is 6.20 Å². The smallest absolute Gasteiger partial charge is 0.408 e. The van der Waals surface area contributed by atoms with Crippen molar-refractivity contribution in [3.63, 3.8) is 0 Å². The van der Waals surface area contributed by atoms with E-state index < -0.39 is 11.7 Å². The summed E-state index contributed by atoms with van der Waals surface area (Å²) in [5.74, 6) is 0. The van der Waals surface area contributed by atoms with Gasteiger partial charge in [-0.2, -0.15) is 0 Å². The summed E-state index contributed by atoms with van der Waals surface area (Å²) in [5.41, 5.74) is 6.10. The molecule has 112 valence electrons. The number of nitrogens with two attached hydrogens (primary N) is 1. The summed E-state index contributed by atoms with van der Waals surface area (Å²) in [7, 11) is 0. The standard InChI is InChI=1S/C13H23N5O2/c1-8(15-12(19)20-13(2,3)4)10-7-18(17-16-10)11-6-5-9(11)14/h7-9,11H,5-6,14H2,1-4H3,(H,15,19). The number of amides is 1. The van der Waals surface area contributed by atoms with Crippen molar-refractivity contribution in [2.24, 2.45) is 5.73 Å². The number of carbonyl (C=O) groups is 1. The summed E-state index contributed by atoms with van der Waals surface area (Å²) < 4.78 is 7.00. The Morgan fingerprint density at radius 1 is 1.55 bits per heavy atom. The van der Waals surface area contributed by atoms with Crippen LogP contribution in [-0.4, -0.2) is 32.7 Å². The molecule has 0 aromatic carbocycles. The van der Waals surface area contributed by atoms with Crippen LogP contribution in [0, 0.1) is 0 Å². The molecule has 0 saturated heterocycles. The lowest BCUT2D eigenvalue weighted by atomic mass is 9.87. The van der Waals surface area contributed by atoms with Crippen LogP contribution < -0.4 is 11.1 Å². The lowest BCUT2D eigenvalue weighted by molar-refractivity contribution is 0.0507. The van der Waals surface area contributed by atoms with Crippen molar-refractivity contribution in [2.75, 3.05) is 0 Å². The van der Waals surface area contributed by atoms with Gasteiger partial charge in [0.15, 0.2) is 0 Å². The summed E-state index contributed by atoms with van der Waals surface area (Å²) in [6.45, 7) is 7.32. The number of hydrogen-bond acceptors (Lipinski definition) is 5.